The minimum atomic E-state index is -0.581. The van der Waals surface area contributed by atoms with E-state index in [1.165, 1.54) is 6.21 Å². The van der Waals surface area contributed by atoms with Crippen molar-refractivity contribution in [2.45, 2.75) is 20.0 Å². The van der Waals surface area contributed by atoms with Gasteiger partial charge in [-0.3, -0.25) is 10.1 Å². The van der Waals surface area contributed by atoms with Gasteiger partial charge in [0.15, 0.2) is 0 Å². The van der Waals surface area contributed by atoms with Crippen LogP contribution in [-0.4, -0.2) is 24.3 Å². The maximum absolute atomic E-state index is 11.9. The molecule has 6 nitrogen and oxygen atoms in total. The standard InChI is InChI=1S/C14H15N3O3/c1-8(2)20-14(19)16-11-6-4-5-10-12(11)9(3)7-15-17-13(10)18/h4-8H,3H2,1-2H3,(H,16,19)(H,17,18). The van der Waals surface area contributed by atoms with E-state index >= 15 is 0 Å². The molecule has 0 bridgehead atoms. The smallest absolute Gasteiger partial charge is 0.411 e. The lowest BCUT2D eigenvalue weighted by Gasteiger charge is -2.14. The number of nitrogens with one attached hydrogen (secondary N) is 2. The Morgan fingerprint density at radius 1 is 1.45 bits per heavy atom. The van der Waals surface area contributed by atoms with E-state index in [1.807, 2.05) is 0 Å². The van der Waals surface area contributed by atoms with Gasteiger partial charge < -0.3 is 4.74 Å². The Bertz CT molecular complexity index is 606. The van der Waals surface area contributed by atoms with Crippen LogP contribution < -0.4 is 10.7 Å². The molecule has 6 heteroatoms. The fourth-order valence-electron chi connectivity index (χ4n) is 1.84. The third kappa shape index (κ3) is 2.85. The third-order valence-electron chi connectivity index (χ3n) is 2.60. The molecule has 0 radical (unpaired) electrons. The van der Waals surface area contributed by atoms with Gasteiger partial charge in [-0.1, -0.05) is 12.6 Å². The van der Waals surface area contributed by atoms with Crippen LogP contribution in [0.3, 0.4) is 0 Å². The Balaban J connectivity index is 2.38. The van der Waals surface area contributed by atoms with E-state index in [-0.39, 0.29) is 12.0 Å². The Kier molecular flexibility index (Phi) is 3.84. The van der Waals surface area contributed by atoms with Crippen molar-refractivity contribution in [3.63, 3.8) is 0 Å². The number of nitrogens with zero attached hydrogens (tertiary/aromatic N) is 1. The molecule has 2 amide bonds. The molecule has 1 heterocycles. The van der Waals surface area contributed by atoms with Gasteiger partial charge in [0.05, 0.1) is 23.6 Å². The molecule has 1 aliphatic heterocycles. The van der Waals surface area contributed by atoms with Crippen molar-refractivity contribution in [1.82, 2.24) is 5.43 Å². The molecule has 0 saturated carbocycles. The van der Waals surface area contributed by atoms with Gasteiger partial charge >= 0.3 is 6.09 Å². The van der Waals surface area contributed by atoms with Crippen LogP contribution in [0.25, 0.3) is 5.57 Å². The molecular formula is C14H15N3O3. The van der Waals surface area contributed by atoms with Gasteiger partial charge in [-0.2, -0.15) is 5.10 Å². The molecule has 0 fully saturated rings. The van der Waals surface area contributed by atoms with Crippen LogP contribution in [0.1, 0.15) is 29.8 Å². The van der Waals surface area contributed by atoms with Crippen LogP contribution >= 0.6 is 0 Å². The topological polar surface area (TPSA) is 79.8 Å². The number of hydrogen-bond acceptors (Lipinski definition) is 4. The molecule has 0 atom stereocenters. The number of carbonyl (C=O) groups is 2. The van der Waals surface area contributed by atoms with Gasteiger partial charge in [-0.25, -0.2) is 10.2 Å². The Hall–Kier alpha value is -2.63. The summed E-state index contributed by atoms with van der Waals surface area (Å²) in [5, 5.41) is 6.36. The minimum absolute atomic E-state index is 0.231. The van der Waals surface area contributed by atoms with Gasteiger partial charge in [-0.15, -0.1) is 0 Å². The number of amides is 2. The number of carbonyl (C=O) groups excluding carboxylic acids is 2. The summed E-state index contributed by atoms with van der Waals surface area (Å²) in [6.07, 6.45) is 0.621. The average molecular weight is 273 g/mol. The highest BCUT2D eigenvalue weighted by atomic mass is 16.6. The summed E-state index contributed by atoms with van der Waals surface area (Å²) >= 11 is 0. The van der Waals surface area contributed by atoms with E-state index in [9.17, 15) is 9.59 Å². The van der Waals surface area contributed by atoms with E-state index in [1.54, 1.807) is 32.0 Å². The van der Waals surface area contributed by atoms with Crippen molar-refractivity contribution >= 4 is 29.5 Å². The molecule has 0 unspecified atom stereocenters. The van der Waals surface area contributed by atoms with Crippen molar-refractivity contribution in [1.29, 1.82) is 0 Å². The Morgan fingerprint density at radius 3 is 2.90 bits per heavy atom. The first-order chi connectivity index (χ1) is 9.49. The molecule has 0 aliphatic carbocycles. The molecule has 104 valence electrons. The maximum Gasteiger partial charge on any atom is 0.411 e. The molecule has 0 aromatic heterocycles. The normalized spacial score (nSPS) is 13.6. The molecular weight excluding hydrogens is 258 g/mol. The van der Waals surface area contributed by atoms with E-state index in [0.29, 0.717) is 22.4 Å². The summed E-state index contributed by atoms with van der Waals surface area (Å²) in [6.45, 7) is 7.35. The lowest BCUT2D eigenvalue weighted by Crippen LogP contribution is -2.20. The lowest BCUT2D eigenvalue weighted by atomic mass is 9.99. The molecule has 20 heavy (non-hydrogen) atoms. The number of fused-ring (bicyclic) bond motifs is 1. The number of anilines is 1. The van der Waals surface area contributed by atoms with Crippen molar-refractivity contribution in [3.8, 4) is 0 Å². The van der Waals surface area contributed by atoms with E-state index in [4.69, 9.17) is 4.74 Å². The molecule has 1 aliphatic rings. The van der Waals surface area contributed by atoms with E-state index in [2.05, 4.69) is 22.4 Å². The van der Waals surface area contributed by atoms with Crippen LogP contribution in [0, 0.1) is 0 Å². The number of rotatable bonds is 2. The zero-order valence-corrected chi connectivity index (χ0v) is 11.3. The molecule has 1 aromatic carbocycles. The third-order valence-corrected chi connectivity index (χ3v) is 2.60. The van der Waals surface area contributed by atoms with Crippen LogP contribution in [0.5, 0.6) is 0 Å². The second kappa shape index (κ2) is 5.56. The van der Waals surface area contributed by atoms with Crippen LogP contribution in [0.2, 0.25) is 0 Å². The maximum atomic E-state index is 11.9. The number of hydrogen-bond donors (Lipinski definition) is 2. The highest BCUT2D eigenvalue weighted by Gasteiger charge is 2.20. The predicted molar refractivity (Wildman–Crippen MR) is 76.7 cm³/mol. The van der Waals surface area contributed by atoms with Crippen molar-refractivity contribution in [3.05, 3.63) is 35.9 Å². The summed E-state index contributed by atoms with van der Waals surface area (Å²) in [5.74, 6) is -0.351. The zero-order valence-electron chi connectivity index (χ0n) is 11.3. The molecule has 2 N–H and O–H groups in total. The summed E-state index contributed by atoms with van der Waals surface area (Å²) in [5.41, 5.74) is 4.29. The van der Waals surface area contributed by atoms with Gasteiger partial charge in [0.1, 0.15) is 0 Å². The van der Waals surface area contributed by atoms with Crippen molar-refractivity contribution < 1.29 is 14.3 Å². The zero-order chi connectivity index (χ0) is 14.7. The number of benzene rings is 1. The minimum Gasteiger partial charge on any atom is -0.447 e. The van der Waals surface area contributed by atoms with Gasteiger partial charge in [0.2, 0.25) is 0 Å². The van der Waals surface area contributed by atoms with Crippen LogP contribution in [0.4, 0.5) is 10.5 Å². The fraction of sp³-hybridized carbons (Fsp3) is 0.214. The van der Waals surface area contributed by atoms with Gasteiger partial charge in [0, 0.05) is 5.56 Å². The van der Waals surface area contributed by atoms with Gasteiger partial charge in [-0.05, 0) is 31.6 Å². The summed E-state index contributed by atoms with van der Waals surface area (Å²) < 4.78 is 5.02. The Morgan fingerprint density at radius 2 is 2.20 bits per heavy atom. The highest BCUT2D eigenvalue weighted by Crippen LogP contribution is 2.27. The number of hydrazone groups is 1. The van der Waals surface area contributed by atoms with Crippen LogP contribution in [0.15, 0.2) is 29.9 Å². The monoisotopic (exact) mass is 273 g/mol. The average Bonchev–Trinajstić information content (AvgIpc) is 2.50. The molecule has 1 aromatic rings. The molecule has 2 rings (SSSR count). The second-order valence-electron chi connectivity index (χ2n) is 4.53. The SMILES string of the molecule is C=C1C=NNC(=O)c2cccc(NC(=O)OC(C)C)c21. The largest absolute Gasteiger partial charge is 0.447 e. The van der Waals surface area contributed by atoms with Crippen molar-refractivity contribution in [2.75, 3.05) is 5.32 Å². The first-order valence-electron chi connectivity index (χ1n) is 6.12. The van der Waals surface area contributed by atoms with E-state index in [0.717, 1.165) is 0 Å². The molecule has 0 spiro atoms. The first kappa shape index (κ1) is 13.8. The second-order valence-corrected chi connectivity index (χ2v) is 4.53. The van der Waals surface area contributed by atoms with E-state index < -0.39 is 6.09 Å². The summed E-state index contributed by atoms with van der Waals surface area (Å²) in [4.78, 5) is 23.5. The summed E-state index contributed by atoms with van der Waals surface area (Å²) in [7, 11) is 0. The quantitative estimate of drug-likeness (QED) is 0.868. The summed E-state index contributed by atoms with van der Waals surface area (Å²) in [6, 6.07) is 4.99. The highest BCUT2D eigenvalue weighted by molar-refractivity contribution is 6.18. The lowest BCUT2D eigenvalue weighted by molar-refractivity contribution is 0.0955. The number of allylic oxidation sites excluding steroid dienone is 1. The van der Waals surface area contributed by atoms with Crippen LogP contribution in [-0.2, 0) is 4.74 Å². The number of ether oxygens (including phenoxy) is 1. The first-order valence-corrected chi connectivity index (χ1v) is 6.12. The van der Waals surface area contributed by atoms with Crippen molar-refractivity contribution in [2.24, 2.45) is 5.10 Å². The molecule has 0 saturated heterocycles. The fourth-order valence-corrected chi connectivity index (χ4v) is 1.84. The Labute approximate surface area is 116 Å². The predicted octanol–water partition coefficient (Wildman–Crippen LogP) is 2.39. The van der Waals surface area contributed by atoms with Gasteiger partial charge in [0.25, 0.3) is 5.91 Å².